The number of benzene rings is 1. The van der Waals surface area contributed by atoms with Gasteiger partial charge in [-0.1, -0.05) is 20.8 Å². The van der Waals surface area contributed by atoms with Gasteiger partial charge in [0.15, 0.2) is 0 Å². The first-order valence-electron chi connectivity index (χ1n) is 9.94. The van der Waals surface area contributed by atoms with E-state index in [2.05, 4.69) is 29.4 Å². The van der Waals surface area contributed by atoms with Gasteiger partial charge < -0.3 is 25.0 Å². The molecule has 7 nitrogen and oxygen atoms in total. The molecule has 2 N–H and O–H groups in total. The van der Waals surface area contributed by atoms with E-state index >= 15 is 0 Å². The molecular formula is C21H35N3O4. The number of hydrogen-bond donors (Lipinski definition) is 2. The summed E-state index contributed by atoms with van der Waals surface area (Å²) in [5.74, 6) is 0.978. The standard InChI is InChI=1S/C21H35N3O4/c1-6-24(7-2)12-8-11-22-20(25)13-16(3)14-21(26)23-18-10-9-17(27-4)15-19(18)28-5/h9-10,15-16H,6-8,11-14H2,1-5H3,(H,22,25)(H,23,26). The molecule has 1 unspecified atom stereocenters. The maximum atomic E-state index is 12.3. The Balaban J connectivity index is 2.37. The van der Waals surface area contributed by atoms with Gasteiger partial charge in [-0.05, 0) is 44.1 Å². The van der Waals surface area contributed by atoms with Crippen molar-refractivity contribution < 1.29 is 19.1 Å². The average molecular weight is 394 g/mol. The van der Waals surface area contributed by atoms with Crippen LogP contribution in [0.4, 0.5) is 5.69 Å². The van der Waals surface area contributed by atoms with Gasteiger partial charge in [-0.25, -0.2) is 0 Å². The summed E-state index contributed by atoms with van der Waals surface area (Å²) in [6.07, 6.45) is 1.53. The van der Waals surface area contributed by atoms with E-state index in [9.17, 15) is 9.59 Å². The lowest BCUT2D eigenvalue weighted by Crippen LogP contribution is -2.31. The van der Waals surface area contributed by atoms with Crippen LogP contribution >= 0.6 is 0 Å². The lowest BCUT2D eigenvalue weighted by molar-refractivity contribution is -0.122. The number of hydrogen-bond acceptors (Lipinski definition) is 5. The minimum absolute atomic E-state index is 0.0122. The van der Waals surface area contributed by atoms with Gasteiger partial charge in [-0.3, -0.25) is 9.59 Å². The Kier molecular flexibility index (Phi) is 11.0. The molecule has 1 atom stereocenters. The Labute approximate surface area is 168 Å². The van der Waals surface area contributed by atoms with E-state index in [-0.39, 0.29) is 24.2 Å². The molecule has 7 heteroatoms. The highest BCUT2D eigenvalue weighted by Crippen LogP contribution is 2.29. The maximum Gasteiger partial charge on any atom is 0.224 e. The Morgan fingerprint density at radius 2 is 1.75 bits per heavy atom. The van der Waals surface area contributed by atoms with E-state index in [0.717, 1.165) is 26.1 Å². The van der Waals surface area contributed by atoms with Crippen LogP contribution in [0.2, 0.25) is 0 Å². The molecule has 0 aliphatic rings. The Hall–Kier alpha value is -2.28. The SMILES string of the molecule is CCN(CC)CCCNC(=O)CC(C)CC(=O)Nc1ccc(OC)cc1OC. The zero-order valence-corrected chi connectivity index (χ0v) is 17.8. The predicted octanol–water partition coefficient (Wildman–Crippen LogP) is 2.91. The van der Waals surface area contributed by atoms with E-state index in [4.69, 9.17) is 9.47 Å². The van der Waals surface area contributed by atoms with Gasteiger partial charge in [0.2, 0.25) is 11.8 Å². The van der Waals surface area contributed by atoms with Crippen LogP contribution in [0.5, 0.6) is 11.5 Å². The lowest BCUT2D eigenvalue weighted by atomic mass is 10.0. The van der Waals surface area contributed by atoms with Gasteiger partial charge >= 0.3 is 0 Å². The van der Waals surface area contributed by atoms with Crippen molar-refractivity contribution >= 4 is 17.5 Å². The molecule has 0 aromatic heterocycles. The highest BCUT2D eigenvalue weighted by atomic mass is 16.5. The molecule has 1 aromatic carbocycles. The third kappa shape index (κ3) is 8.61. The number of ether oxygens (including phenoxy) is 2. The van der Waals surface area contributed by atoms with Gasteiger partial charge in [0, 0.05) is 25.5 Å². The average Bonchev–Trinajstić information content (AvgIpc) is 2.68. The molecule has 0 spiro atoms. The van der Waals surface area contributed by atoms with Crippen LogP contribution in [0.15, 0.2) is 18.2 Å². The number of amides is 2. The number of nitrogens with one attached hydrogen (secondary N) is 2. The number of rotatable bonds is 13. The molecule has 0 heterocycles. The van der Waals surface area contributed by atoms with Crippen molar-refractivity contribution in [2.24, 2.45) is 5.92 Å². The fourth-order valence-electron chi connectivity index (χ4n) is 2.95. The van der Waals surface area contributed by atoms with Gasteiger partial charge in [-0.15, -0.1) is 0 Å². The van der Waals surface area contributed by atoms with Crippen LogP contribution in [-0.2, 0) is 9.59 Å². The topological polar surface area (TPSA) is 79.9 Å². The van der Waals surface area contributed by atoms with E-state index < -0.39 is 0 Å². The first kappa shape index (κ1) is 23.8. The Morgan fingerprint density at radius 1 is 1.07 bits per heavy atom. The molecule has 158 valence electrons. The summed E-state index contributed by atoms with van der Waals surface area (Å²) >= 11 is 0. The summed E-state index contributed by atoms with van der Waals surface area (Å²) in [5.41, 5.74) is 0.585. The molecule has 0 bridgehead atoms. The molecule has 0 radical (unpaired) electrons. The third-order valence-corrected chi connectivity index (χ3v) is 4.62. The van der Waals surface area contributed by atoms with E-state index in [0.29, 0.717) is 30.2 Å². The molecule has 1 aromatic rings. The molecule has 0 saturated carbocycles. The molecule has 0 saturated heterocycles. The van der Waals surface area contributed by atoms with Crippen LogP contribution in [0.25, 0.3) is 0 Å². The quantitative estimate of drug-likeness (QED) is 0.504. The van der Waals surface area contributed by atoms with Crippen LogP contribution < -0.4 is 20.1 Å². The van der Waals surface area contributed by atoms with Crippen LogP contribution in [0, 0.1) is 5.92 Å². The van der Waals surface area contributed by atoms with E-state index in [1.807, 2.05) is 6.92 Å². The number of anilines is 1. The monoisotopic (exact) mass is 393 g/mol. The number of methoxy groups -OCH3 is 2. The van der Waals surface area contributed by atoms with Crippen molar-refractivity contribution in [2.75, 3.05) is 45.7 Å². The number of nitrogens with zero attached hydrogens (tertiary/aromatic N) is 1. The zero-order valence-electron chi connectivity index (χ0n) is 17.8. The molecule has 28 heavy (non-hydrogen) atoms. The molecule has 1 rings (SSSR count). The third-order valence-electron chi connectivity index (χ3n) is 4.62. The van der Waals surface area contributed by atoms with Crippen LogP contribution in [-0.4, -0.2) is 57.1 Å². The summed E-state index contributed by atoms with van der Waals surface area (Å²) in [6, 6.07) is 5.21. The second-order valence-electron chi connectivity index (χ2n) is 6.86. The van der Waals surface area contributed by atoms with Crippen molar-refractivity contribution in [3.8, 4) is 11.5 Å². The van der Waals surface area contributed by atoms with E-state index in [1.54, 1.807) is 25.3 Å². The fourth-order valence-corrected chi connectivity index (χ4v) is 2.95. The van der Waals surface area contributed by atoms with E-state index in [1.165, 1.54) is 7.11 Å². The second kappa shape index (κ2) is 13.0. The van der Waals surface area contributed by atoms with Gasteiger partial charge in [0.05, 0.1) is 19.9 Å². The van der Waals surface area contributed by atoms with Crippen molar-refractivity contribution in [2.45, 2.75) is 40.0 Å². The largest absolute Gasteiger partial charge is 0.497 e. The molecule has 0 aliphatic heterocycles. The van der Waals surface area contributed by atoms with Gasteiger partial charge in [-0.2, -0.15) is 0 Å². The second-order valence-corrected chi connectivity index (χ2v) is 6.86. The number of carbonyl (C=O) groups is 2. The summed E-state index contributed by atoms with van der Waals surface area (Å²) < 4.78 is 10.4. The highest BCUT2D eigenvalue weighted by Gasteiger charge is 2.15. The first-order chi connectivity index (χ1) is 13.4. The summed E-state index contributed by atoms with van der Waals surface area (Å²) in [6.45, 7) is 9.87. The highest BCUT2D eigenvalue weighted by molar-refractivity contribution is 5.92. The van der Waals surface area contributed by atoms with Crippen molar-refractivity contribution in [1.82, 2.24) is 10.2 Å². The molecular weight excluding hydrogens is 358 g/mol. The van der Waals surface area contributed by atoms with Crippen molar-refractivity contribution in [1.29, 1.82) is 0 Å². The Morgan fingerprint density at radius 3 is 2.36 bits per heavy atom. The molecule has 2 amide bonds. The molecule has 0 fully saturated rings. The lowest BCUT2D eigenvalue weighted by Gasteiger charge is -2.18. The number of carbonyl (C=O) groups excluding carboxylic acids is 2. The normalized spacial score (nSPS) is 11.8. The first-order valence-corrected chi connectivity index (χ1v) is 9.94. The summed E-state index contributed by atoms with van der Waals surface area (Å²) in [5, 5.41) is 5.78. The maximum absolute atomic E-state index is 12.3. The Bertz CT molecular complexity index is 618. The van der Waals surface area contributed by atoms with Crippen molar-refractivity contribution in [3.63, 3.8) is 0 Å². The summed E-state index contributed by atoms with van der Waals surface area (Å²) in [4.78, 5) is 26.7. The van der Waals surface area contributed by atoms with Gasteiger partial charge in [0.1, 0.15) is 11.5 Å². The smallest absolute Gasteiger partial charge is 0.224 e. The van der Waals surface area contributed by atoms with Crippen LogP contribution in [0.1, 0.15) is 40.0 Å². The van der Waals surface area contributed by atoms with Gasteiger partial charge in [0.25, 0.3) is 0 Å². The zero-order chi connectivity index (χ0) is 20.9. The minimum Gasteiger partial charge on any atom is -0.497 e. The molecule has 0 aliphatic carbocycles. The minimum atomic E-state index is -0.148. The fraction of sp³-hybridized carbons (Fsp3) is 0.619. The van der Waals surface area contributed by atoms with Crippen molar-refractivity contribution in [3.05, 3.63) is 18.2 Å². The summed E-state index contributed by atoms with van der Waals surface area (Å²) in [7, 11) is 3.11. The predicted molar refractivity (Wildman–Crippen MR) is 112 cm³/mol. The van der Waals surface area contributed by atoms with Crippen LogP contribution in [0.3, 0.4) is 0 Å².